The number of primary amides is 1. The second kappa shape index (κ2) is 12.7. The van der Waals surface area contributed by atoms with Gasteiger partial charge in [0.2, 0.25) is 5.91 Å². The first kappa shape index (κ1) is 23.3. The lowest BCUT2D eigenvalue weighted by atomic mass is 10.1. The Bertz CT molecular complexity index is 781. The average Bonchev–Trinajstić information content (AvgIpc) is 2.70. The number of aliphatic imine (C=N–C) groups is 1. The molecule has 0 saturated carbocycles. The molecule has 0 spiro atoms. The Morgan fingerprint density at radius 2 is 1.82 bits per heavy atom. The van der Waals surface area contributed by atoms with Crippen LogP contribution in [0.1, 0.15) is 21.6 Å². The Hall–Kier alpha value is -2.69. The molecule has 0 fully saturated rings. The Kier molecular flexibility index (Phi) is 10.6. The summed E-state index contributed by atoms with van der Waals surface area (Å²) in [4.78, 5) is 31.0. The fraction of sp³-hybridized carbons (Fsp3) is 0.263. The number of amides is 2. The van der Waals surface area contributed by atoms with Gasteiger partial charge in [-0.15, -0.1) is 24.0 Å². The summed E-state index contributed by atoms with van der Waals surface area (Å²) in [7, 11) is 1.71. The van der Waals surface area contributed by atoms with Crippen molar-refractivity contribution in [2.24, 2.45) is 10.7 Å². The van der Waals surface area contributed by atoms with E-state index in [1.165, 1.54) is 0 Å². The summed E-state index contributed by atoms with van der Waals surface area (Å²) in [6.45, 7) is 1.10. The van der Waals surface area contributed by atoms with Gasteiger partial charge in [-0.3, -0.25) is 19.6 Å². The van der Waals surface area contributed by atoms with Gasteiger partial charge >= 0.3 is 0 Å². The van der Waals surface area contributed by atoms with Crippen LogP contribution in [-0.2, 0) is 17.8 Å². The smallest absolute Gasteiger partial charge is 0.251 e. The number of carbonyl (C=O) groups excluding carboxylic acids is 2. The summed E-state index contributed by atoms with van der Waals surface area (Å²) in [5.41, 5.74) is 7.49. The van der Waals surface area contributed by atoms with Crippen LogP contribution in [0.4, 0.5) is 0 Å². The van der Waals surface area contributed by atoms with E-state index in [-0.39, 0.29) is 36.4 Å². The van der Waals surface area contributed by atoms with Crippen LogP contribution in [0.2, 0.25) is 0 Å². The quantitative estimate of drug-likeness (QED) is 0.245. The molecule has 0 aliphatic heterocycles. The van der Waals surface area contributed by atoms with Gasteiger partial charge < -0.3 is 21.7 Å². The van der Waals surface area contributed by atoms with Crippen molar-refractivity contribution in [3.63, 3.8) is 0 Å². The molecule has 8 nitrogen and oxygen atoms in total. The molecule has 2 amide bonds. The molecule has 1 heterocycles. The van der Waals surface area contributed by atoms with Gasteiger partial charge in [0.1, 0.15) is 0 Å². The molecule has 28 heavy (non-hydrogen) atoms. The first-order valence-electron chi connectivity index (χ1n) is 8.58. The molecular formula is C19H25IN6O2. The van der Waals surface area contributed by atoms with E-state index >= 15 is 0 Å². The van der Waals surface area contributed by atoms with Gasteiger partial charge in [-0.05, 0) is 29.8 Å². The average molecular weight is 496 g/mol. The number of nitrogens with one attached hydrogen (secondary N) is 3. The van der Waals surface area contributed by atoms with Crippen molar-refractivity contribution >= 4 is 41.8 Å². The van der Waals surface area contributed by atoms with Gasteiger partial charge in [-0.25, -0.2) is 0 Å². The Morgan fingerprint density at radius 1 is 1.07 bits per heavy atom. The van der Waals surface area contributed by atoms with Crippen LogP contribution >= 0.6 is 24.0 Å². The van der Waals surface area contributed by atoms with E-state index in [0.29, 0.717) is 18.1 Å². The monoisotopic (exact) mass is 496 g/mol. The van der Waals surface area contributed by atoms with Gasteiger partial charge in [-0.1, -0.05) is 18.2 Å². The van der Waals surface area contributed by atoms with Gasteiger partial charge in [0, 0.05) is 44.0 Å². The van der Waals surface area contributed by atoms with Crippen LogP contribution < -0.4 is 21.7 Å². The summed E-state index contributed by atoms with van der Waals surface area (Å²) in [5, 5.41) is 8.90. The number of halogens is 1. The van der Waals surface area contributed by atoms with E-state index in [1.807, 2.05) is 30.3 Å². The number of aromatic nitrogens is 1. The van der Waals surface area contributed by atoms with Gasteiger partial charge in [0.05, 0.1) is 6.54 Å². The van der Waals surface area contributed by atoms with E-state index in [2.05, 4.69) is 25.9 Å². The minimum atomic E-state index is -0.578. The molecule has 1 aromatic heterocycles. The minimum Gasteiger partial charge on any atom is -0.368 e. The maximum Gasteiger partial charge on any atom is 0.251 e. The molecule has 150 valence electrons. The molecule has 5 N–H and O–H groups in total. The van der Waals surface area contributed by atoms with Crippen LogP contribution in [0.5, 0.6) is 0 Å². The van der Waals surface area contributed by atoms with E-state index in [1.54, 1.807) is 25.4 Å². The van der Waals surface area contributed by atoms with E-state index in [0.717, 1.165) is 24.2 Å². The molecule has 0 saturated heterocycles. The normalized spacial score (nSPS) is 10.5. The van der Waals surface area contributed by atoms with Crippen LogP contribution in [0, 0.1) is 0 Å². The number of hydrogen-bond donors (Lipinski definition) is 4. The molecule has 0 unspecified atom stereocenters. The highest BCUT2D eigenvalue weighted by Gasteiger charge is 2.06. The predicted octanol–water partition coefficient (Wildman–Crippen LogP) is 0.822. The lowest BCUT2D eigenvalue weighted by Gasteiger charge is -2.12. The Balaban J connectivity index is 0.00000392. The topological polar surface area (TPSA) is 122 Å². The van der Waals surface area contributed by atoms with Gasteiger partial charge in [0.25, 0.3) is 5.91 Å². The molecule has 1 aromatic carbocycles. The number of hydrogen-bond acceptors (Lipinski definition) is 4. The lowest BCUT2D eigenvalue weighted by Crippen LogP contribution is -2.38. The number of guanidine groups is 1. The molecule has 0 bridgehead atoms. The van der Waals surface area contributed by atoms with Gasteiger partial charge in [0.15, 0.2) is 5.96 Å². The third-order valence-corrected chi connectivity index (χ3v) is 3.72. The van der Waals surface area contributed by atoms with Gasteiger partial charge in [-0.2, -0.15) is 0 Å². The fourth-order valence-corrected chi connectivity index (χ4v) is 2.30. The highest BCUT2D eigenvalue weighted by molar-refractivity contribution is 14.0. The lowest BCUT2D eigenvalue weighted by molar-refractivity contribution is -0.117. The molecule has 2 rings (SSSR count). The largest absolute Gasteiger partial charge is 0.368 e. The molecule has 2 aromatic rings. The number of rotatable bonds is 8. The van der Waals surface area contributed by atoms with Crippen LogP contribution in [0.25, 0.3) is 0 Å². The fourth-order valence-electron chi connectivity index (χ4n) is 2.30. The molecule has 0 aliphatic rings. The highest BCUT2D eigenvalue weighted by atomic mass is 127. The standard InChI is InChI=1S/C19H24N6O2.HI/c1-21-19(23-11-9-16-4-2-3-10-22-16)25-12-14-5-7-15(8-6-14)18(27)24-13-17(20)26;/h2-8,10H,9,11-13H2,1H3,(H2,20,26)(H,24,27)(H2,21,23,25);1H. The first-order chi connectivity index (χ1) is 13.1. The molecule has 9 heteroatoms. The van der Waals surface area contributed by atoms with E-state index < -0.39 is 5.91 Å². The molecule has 0 radical (unpaired) electrons. The highest BCUT2D eigenvalue weighted by Crippen LogP contribution is 2.04. The summed E-state index contributed by atoms with van der Waals surface area (Å²) >= 11 is 0. The number of nitrogens with two attached hydrogens (primary N) is 1. The van der Waals surface area contributed by atoms with Crippen molar-refractivity contribution in [3.05, 3.63) is 65.5 Å². The number of pyridine rings is 1. The predicted molar refractivity (Wildman–Crippen MR) is 120 cm³/mol. The first-order valence-corrected chi connectivity index (χ1v) is 8.58. The maximum atomic E-state index is 11.8. The van der Waals surface area contributed by atoms with E-state index in [9.17, 15) is 9.59 Å². The third-order valence-electron chi connectivity index (χ3n) is 3.72. The molecule has 0 atom stereocenters. The van der Waals surface area contributed by atoms with Crippen LogP contribution in [0.3, 0.4) is 0 Å². The van der Waals surface area contributed by atoms with Crippen molar-refractivity contribution in [1.82, 2.24) is 20.9 Å². The second-order valence-electron chi connectivity index (χ2n) is 5.77. The summed E-state index contributed by atoms with van der Waals surface area (Å²) in [6, 6.07) is 12.9. The van der Waals surface area contributed by atoms with Crippen molar-refractivity contribution in [3.8, 4) is 0 Å². The zero-order chi connectivity index (χ0) is 19.5. The summed E-state index contributed by atoms with van der Waals surface area (Å²) in [5.74, 6) is -0.222. The zero-order valence-electron chi connectivity index (χ0n) is 15.6. The maximum absolute atomic E-state index is 11.8. The third kappa shape index (κ3) is 8.33. The minimum absolute atomic E-state index is 0. The Labute approximate surface area is 181 Å². The van der Waals surface area contributed by atoms with Crippen molar-refractivity contribution in [2.45, 2.75) is 13.0 Å². The molecular weight excluding hydrogens is 471 g/mol. The summed E-state index contributed by atoms with van der Waals surface area (Å²) in [6.07, 6.45) is 2.58. The Morgan fingerprint density at radius 3 is 2.43 bits per heavy atom. The number of carbonyl (C=O) groups is 2. The SMILES string of the molecule is CN=C(NCCc1ccccn1)NCc1ccc(C(=O)NCC(N)=O)cc1.I. The number of nitrogens with zero attached hydrogens (tertiary/aromatic N) is 2. The summed E-state index contributed by atoms with van der Waals surface area (Å²) < 4.78 is 0. The second-order valence-corrected chi connectivity index (χ2v) is 5.77. The van der Waals surface area contributed by atoms with Crippen molar-refractivity contribution in [2.75, 3.05) is 20.1 Å². The van der Waals surface area contributed by atoms with Crippen molar-refractivity contribution < 1.29 is 9.59 Å². The zero-order valence-corrected chi connectivity index (χ0v) is 18.0. The van der Waals surface area contributed by atoms with Crippen molar-refractivity contribution in [1.29, 1.82) is 0 Å². The molecule has 0 aliphatic carbocycles. The number of benzene rings is 1. The van der Waals surface area contributed by atoms with Crippen LogP contribution in [0.15, 0.2) is 53.7 Å². The van der Waals surface area contributed by atoms with E-state index in [4.69, 9.17) is 5.73 Å². The van der Waals surface area contributed by atoms with Crippen LogP contribution in [-0.4, -0.2) is 42.9 Å².